The summed E-state index contributed by atoms with van der Waals surface area (Å²) in [5.41, 5.74) is 7.72. The molecule has 0 saturated carbocycles. The van der Waals surface area contributed by atoms with Gasteiger partial charge in [-0.2, -0.15) is 0 Å². The monoisotopic (exact) mass is 98.1 g/mol. The van der Waals surface area contributed by atoms with Gasteiger partial charge in [0.2, 0.25) is 0 Å². The standard InChI is InChI=1S/C4H8N3/c1-2-3-4-6-7-5/h4H,2-3H2,1H3. The average molecular weight is 98.1 g/mol. The molecular formula is C4H8N3. The molecule has 0 unspecified atom stereocenters. The van der Waals surface area contributed by atoms with E-state index in [0.29, 0.717) is 0 Å². The van der Waals surface area contributed by atoms with Crippen molar-refractivity contribution in [1.82, 2.24) is 0 Å². The van der Waals surface area contributed by atoms with Crippen molar-refractivity contribution in [3.8, 4) is 0 Å². The molecule has 0 bridgehead atoms. The third-order valence-electron chi connectivity index (χ3n) is 0.551. The summed E-state index contributed by atoms with van der Waals surface area (Å²) in [7, 11) is 0. The van der Waals surface area contributed by atoms with Crippen LogP contribution in [0.5, 0.6) is 0 Å². The maximum Gasteiger partial charge on any atom is 0.0458 e. The van der Waals surface area contributed by atoms with E-state index < -0.39 is 0 Å². The Morgan fingerprint density at radius 1 is 1.86 bits per heavy atom. The van der Waals surface area contributed by atoms with Crippen molar-refractivity contribution in [2.24, 2.45) is 5.11 Å². The Morgan fingerprint density at radius 2 is 2.57 bits per heavy atom. The van der Waals surface area contributed by atoms with Crippen LogP contribution in [-0.2, 0) is 0 Å². The van der Waals surface area contributed by atoms with Gasteiger partial charge in [-0.05, 0) is 12.0 Å². The van der Waals surface area contributed by atoms with Crippen molar-refractivity contribution in [2.75, 3.05) is 0 Å². The van der Waals surface area contributed by atoms with Crippen molar-refractivity contribution in [3.63, 3.8) is 0 Å². The first-order valence-corrected chi connectivity index (χ1v) is 2.27. The average Bonchev–Trinajstić information content (AvgIpc) is 1.69. The van der Waals surface area contributed by atoms with E-state index in [1.54, 1.807) is 6.54 Å². The Kier molecular flexibility index (Phi) is 4.79. The van der Waals surface area contributed by atoms with Gasteiger partial charge in [0.25, 0.3) is 0 Å². The number of unbranched alkanes of at least 4 members (excludes halogenated alkanes) is 1. The lowest BCUT2D eigenvalue weighted by molar-refractivity contribution is 0.884. The van der Waals surface area contributed by atoms with Gasteiger partial charge in [-0.1, -0.05) is 18.5 Å². The van der Waals surface area contributed by atoms with Crippen LogP contribution < -0.4 is 0 Å². The molecule has 0 saturated heterocycles. The molecule has 0 aliphatic carbocycles. The highest BCUT2D eigenvalue weighted by molar-refractivity contribution is 4.58. The van der Waals surface area contributed by atoms with Gasteiger partial charge in [-0.3, -0.25) is 0 Å². The highest BCUT2D eigenvalue weighted by Gasteiger charge is 1.74. The fourth-order valence-electron chi connectivity index (χ4n) is 0.223. The molecule has 0 aromatic carbocycles. The lowest BCUT2D eigenvalue weighted by Gasteiger charge is -1.80. The third kappa shape index (κ3) is 5.31. The lowest BCUT2D eigenvalue weighted by Crippen LogP contribution is -1.63. The van der Waals surface area contributed by atoms with Crippen LogP contribution in [0.3, 0.4) is 0 Å². The molecule has 39 valence electrons. The minimum Gasteiger partial charge on any atom is -0.0902 e. The van der Waals surface area contributed by atoms with E-state index >= 15 is 0 Å². The van der Waals surface area contributed by atoms with Gasteiger partial charge < -0.3 is 0 Å². The molecule has 7 heavy (non-hydrogen) atoms. The molecule has 1 radical (unpaired) electrons. The van der Waals surface area contributed by atoms with Crippen LogP contribution >= 0.6 is 0 Å². The Bertz CT molecular complexity index is 73.0. The third-order valence-corrected chi connectivity index (χ3v) is 0.551. The van der Waals surface area contributed by atoms with E-state index in [-0.39, 0.29) is 0 Å². The summed E-state index contributed by atoms with van der Waals surface area (Å²) in [5.74, 6) is 0. The Labute approximate surface area is 43.0 Å². The zero-order chi connectivity index (χ0) is 5.54. The van der Waals surface area contributed by atoms with E-state index in [1.807, 2.05) is 6.92 Å². The number of nitrogens with zero attached hydrogens (tertiary/aromatic N) is 3. The molecule has 0 aliphatic rings. The number of azide groups is 1. The van der Waals surface area contributed by atoms with Crippen LogP contribution in [0.25, 0.3) is 10.4 Å². The topological polar surface area (TPSA) is 48.8 Å². The van der Waals surface area contributed by atoms with Gasteiger partial charge in [0, 0.05) is 11.5 Å². The Hall–Kier alpha value is -0.690. The molecule has 3 heteroatoms. The second-order valence-electron chi connectivity index (χ2n) is 1.18. The summed E-state index contributed by atoms with van der Waals surface area (Å²) >= 11 is 0. The molecule has 0 aliphatic heterocycles. The number of rotatable bonds is 3. The van der Waals surface area contributed by atoms with Crippen LogP contribution in [0.4, 0.5) is 0 Å². The van der Waals surface area contributed by atoms with E-state index in [9.17, 15) is 0 Å². The zero-order valence-corrected chi connectivity index (χ0v) is 4.33. The van der Waals surface area contributed by atoms with Crippen molar-refractivity contribution >= 4 is 0 Å². The molecule has 3 nitrogen and oxygen atoms in total. The normalized spacial score (nSPS) is 7.57. The predicted molar refractivity (Wildman–Crippen MR) is 28.4 cm³/mol. The van der Waals surface area contributed by atoms with Gasteiger partial charge in [0.15, 0.2) is 0 Å². The molecule has 0 N–H and O–H groups in total. The van der Waals surface area contributed by atoms with E-state index in [2.05, 4.69) is 10.0 Å². The van der Waals surface area contributed by atoms with Gasteiger partial charge in [0.1, 0.15) is 0 Å². The van der Waals surface area contributed by atoms with Crippen LogP contribution in [0.1, 0.15) is 19.8 Å². The van der Waals surface area contributed by atoms with Crippen LogP contribution in [0, 0.1) is 6.54 Å². The van der Waals surface area contributed by atoms with E-state index in [0.717, 1.165) is 12.8 Å². The van der Waals surface area contributed by atoms with Crippen molar-refractivity contribution in [1.29, 1.82) is 0 Å². The van der Waals surface area contributed by atoms with Gasteiger partial charge in [0.05, 0.1) is 0 Å². The first-order valence-electron chi connectivity index (χ1n) is 2.27. The minimum absolute atomic E-state index is 0.879. The van der Waals surface area contributed by atoms with Crippen molar-refractivity contribution in [3.05, 3.63) is 17.0 Å². The first kappa shape index (κ1) is 6.31. The first-order chi connectivity index (χ1) is 3.41. The van der Waals surface area contributed by atoms with Gasteiger partial charge in [-0.25, -0.2) is 0 Å². The summed E-state index contributed by atoms with van der Waals surface area (Å²) in [6.45, 7) is 3.60. The molecule has 0 atom stereocenters. The molecule has 0 spiro atoms. The Morgan fingerprint density at radius 3 is 3.00 bits per heavy atom. The molecule has 0 aromatic rings. The van der Waals surface area contributed by atoms with Crippen LogP contribution in [-0.4, -0.2) is 0 Å². The fourth-order valence-corrected chi connectivity index (χ4v) is 0.223. The SMILES string of the molecule is CCC[CH]N=[N+]=[N-]. The molecule has 0 rings (SSSR count). The van der Waals surface area contributed by atoms with Crippen molar-refractivity contribution in [2.45, 2.75) is 19.8 Å². The van der Waals surface area contributed by atoms with E-state index in [1.165, 1.54) is 0 Å². The summed E-state index contributed by atoms with van der Waals surface area (Å²) < 4.78 is 0. The summed E-state index contributed by atoms with van der Waals surface area (Å²) in [6, 6.07) is 0. The minimum atomic E-state index is 0.879. The van der Waals surface area contributed by atoms with Crippen LogP contribution in [0.2, 0.25) is 0 Å². The van der Waals surface area contributed by atoms with Gasteiger partial charge >= 0.3 is 0 Å². The largest absolute Gasteiger partial charge is 0.0902 e. The quantitative estimate of drug-likeness (QED) is 0.225. The molecule has 0 heterocycles. The van der Waals surface area contributed by atoms with E-state index in [4.69, 9.17) is 5.53 Å². The van der Waals surface area contributed by atoms with Crippen molar-refractivity contribution < 1.29 is 0 Å². The lowest BCUT2D eigenvalue weighted by atomic mass is 10.3. The molecular weight excluding hydrogens is 90.1 g/mol. The maximum atomic E-state index is 7.72. The highest BCUT2D eigenvalue weighted by atomic mass is 15.1. The highest BCUT2D eigenvalue weighted by Crippen LogP contribution is 1.91. The second-order valence-corrected chi connectivity index (χ2v) is 1.18. The number of hydrogen-bond donors (Lipinski definition) is 0. The summed E-state index contributed by atoms with van der Waals surface area (Å²) in [4.78, 5) is 2.54. The predicted octanol–water partition coefficient (Wildman–Crippen LogP) is 2.26. The maximum absolute atomic E-state index is 7.72. The smallest absolute Gasteiger partial charge is 0.0458 e. The fraction of sp³-hybridized carbons (Fsp3) is 0.750. The summed E-state index contributed by atoms with van der Waals surface area (Å²) in [5, 5.41) is 3.22. The molecule has 0 aromatic heterocycles. The van der Waals surface area contributed by atoms with Gasteiger partial charge in [-0.15, -0.1) is 0 Å². The second kappa shape index (κ2) is 5.31. The van der Waals surface area contributed by atoms with Crippen LogP contribution in [0.15, 0.2) is 5.11 Å². The molecule has 0 amide bonds. The number of hydrogen-bond acceptors (Lipinski definition) is 1. The Balaban J connectivity index is 2.83. The zero-order valence-electron chi connectivity index (χ0n) is 4.33. The molecule has 0 fully saturated rings. The summed E-state index contributed by atoms with van der Waals surface area (Å²) in [6.07, 6.45) is 1.92.